The van der Waals surface area contributed by atoms with Crippen molar-refractivity contribution in [1.82, 2.24) is 4.90 Å². The van der Waals surface area contributed by atoms with E-state index < -0.39 is 0 Å². The van der Waals surface area contributed by atoms with Gasteiger partial charge in [0.25, 0.3) is 5.91 Å². The molecule has 0 radical (unpaired) electrons. The van der Waals surface area contributed by atoms with E-state index >= 15 is 0 Å². The monoisotopic (exact) mass is 377 g/mol. The van der Waals surface area contributed by atoms with Gasteiger partial charge in [0.1, 0.15) is 0 Å². The van der Waals surface area contributed by atoms with Crippen molar-refractivity contribution >= 4 is 40.1 Å². The van der Waals surface area contributed by atoms with E-state index in [1.54, 1.807) is 0 Å². The summed E-state index contributed by atoms with van der Waals surface area (Å²) in [5, 5.41) is 0.0742. The minimum absolute atomic E-state index is 0.0742. The van der Waals surface area contributed by atoms with Crippen LogP contribution in [0, 0.1) is 16.4 Å². The summed E-state index contributed by atoms with van der Waals surface area (Å²) in [6, 6.07) is 5.87. The SMILES string of the molecule is Cc1cccc(C(=O)N2CCC(C)C(Cl)C2)c1I. The van der Waals surface area contributed by atoms with Crippen molar-refractivity contribution in [3.05, 3.63) is 32.9 Å². The van der Waals surface area contributed by atoms with Gasteiger partial charge in [-0.15, -0.1) is 11.6 Å². The lowest BCUT2D eigenvalue weighted by atomic mass is 9.98. The summed E-state index contributed by atoms with van der Waals surface area (Å²) in [5.74, 6) is 0.605. The number of likely N-dealkylation sites (tertiary alicyclic amines) is 1. The summed E-state index contributed by atoms with van der Waals surface area (Å²) in [7, 11) is 0. The third-order valence-corrected chi connectivity index (χ3v) is 5.58. The van der Waals surface area contributed by atoms with E-state index in [1.807, 2.05) is 30.0 Å². The van der Waals surface area contributed by atoms with Crippen molar-refractivity contribution < 1.29 is 4.79 Å². The van der Waals surface area contributed by atoms with Crippen LogP contribution in [0.5, 0.6) is 0 Å². The van der Waals surface area contributed by atoms with Gasteiger partial charge in [0.2, 0.25) is 0 Å². The molecule has 2 rings (SSSR count). The first-order valence-electron chi connectivity index (χ1n) is 6.19. The highest BCUT2D eigenvalue weighted by molar-refractivity contribution is 14.1. The molecule has 98 valence electrons. The summed E-state index contributed by atoms with van der Waals surface area (Å²) < 4.78 is 1.05. The lowest BCUT2D eigenvalue weighted by molar-refractivity contribution is 0.0700. The molecular weight excluding hydrogens is 361 g/mol. The Hall–Kier alpha value is -0.290. The second-order valence-corrected chi connectivity index (χ2v) is 6.61. The van der Waals surface area contributed by atoms with Gasteiger partial charge in [-0.3, -0.25) is 4.79 Å². The molecule has 2 atom stereocenters. The van der Waals surface area contributed by atoms with Gasteiger partial charge in [-0.25, -0.2) is 0 Å². The molecule has 1 aromatic rings. The van der Waals surface area contributed by atoms with Crippen LogP contribution in [0.4, 0.5) is 0 Å². The van der Waals surface area contributed by atoms with Gasteiger partial charge in [0.05, 0.1) is 10.9 Å². The maximum Gasteiger partial charge on any atom is 0.254 e. The number of rotatable bonds is 1. The van der Waals surface area contributed by atoms with Crippen LogP contribution < -0.4 is 0 Å². The molecule has 0 spiro atoms. The number of carbonyl (C=O) groups is 1. The van der Waals surface area contributed by atoms with Crippen LogP contribution in [-0.4, -0.2) is 29.3 Å². The van der Waals surface area contributed by atoms with E-state index in [4.69, 9.17) is 11.6 Å². The number of alkyl halides is 1. The zero-order valence-electron chi connectivity index (χ0n) is 10.6. The Morgan fingerprint density at radius 1 is 1.50 bits per heavy atom. The van der Waals surface area contributed by atoms with Crippen molar-refractivity contribution in [3.63, 3.8) is 0 Å². The third kappa shape index (κ3) is 2.82. The van der Waals surface area contributed by atoms with Gasteiger partial charge < -0.3 is 4.90 Å². The minimum atomic E-state index is 0.0742. The number of aryl methyl sites for hydroxylation is 1. The molecule has 18 heavy (non-hydrogen) atoms. The molecule has 2 nitrogen and oxygen atoms in total. The van der Waals surface area contributed by atoms with E-state index in [0.29, 0.717) is 12.5 Å². The Morgan fingerprint density at radius 2 is 2.22 bits per heavy atom. The molecule has 0 N–H and O–H groups in total. The fourth-order valence-electron chi connectivity index (χ4n) is 2.19. The Labute approximate surface area is 127 Å². The fourth-order valence-corrected chi connectivity index (χ4v) is 3.07. The summed E-state index contributed by atoms with van der Waals surface area (Å²) in [4.78, 5) is 14.4. The second kappa shape index (κ2) is 5.78. The molecule has 0 aromatic heterocycles. The molecule has 2 unspecified atom stereocenters. The first-order chi connectivity index (χ1) is 8.50. The van der Waals surface area contributed by atoms with E-state index in [9.17, 15) is 4.79 Å². The quantitative estimate of drug-likeness (QED) is 0.540. The third-order valence-electron chi connectivity index (χ3n) is 3.58. The standard InChI is InChI=1S/C14H17ClINO/c1-9-6-7-17(8-12(9)15)14(18)11-5-3-4-10(2)13(11)16/h3-5,9,12H,6-8H2,1-2H3. The average molecular weight is 378 g/mol. The largest absolute Gasteiger partial charge is 0.337 e. The van der Waals surface area contributed by atoms with Crippen LogP contribution in [0.2, 0.25) is 0 Å². The number of benzene rings is 1. The van der Waals surface area contributed by atoms with E-state index in [1.165, 1.54) is 0 Å². The molecule has 0 bridgehead atoms. The predicted molar refractivity (Wildman–Crippen MR) is 83.2 cm³/mol. The molecule has 1 aliphatic rings. The smallest absolute Gasteiger partial charge is 0.254 e. The molecule has 1 heterocycles. The number of hydrogen-bond donors (Lipinski definition) is 0. The van der Waals surface area contributed by atoms with Gasteiger partial charge >= 0.3 is 0 Å². The number of halogens is 2. The number of piperidine rings is 1. The number of carbonyl (C=O) groups excluding carboxylic acids is 1. The molecule has 4 heteroatoms. The van der Waals surface area contributed by atoms with Crippen LogP contribution in [0.15, 0.2) is 18.2 Å². The second-order valence-electron chi connectivity index (χ2n) is 4.97. The number of amides is 1. The summed E-state index contributed by atoms with van der Waals surface area (Å²) >= 11 is 8.51. The van der Waals surface area contributed by atoms with Gasteiger partial charge in [0.15, 0.2) is 0 Å². The van der Waals surface area contributed by atoms with Crippen LogP contribution in [-0.2, 0) is 0 Å². The number of nitrogens with zero attached hydrogens (tertiary/aromatic N) is 1. The Morgan fingerprint density at radius 3 is 2.89 bits per heavy atom. The molecule has 0 saturated carbocycles. The maximum absolute atomic E-state index is 12.5. The summed E-state index contributed by atoms with van der Waals surface area (Å²) in [6.45, 7) is 5.65. The minimum Gasteiger partial charge on any atom is -0.337 e. The molecule has 1 aromatic carbocycles. The molecule has 1 fully saturated rings. The molecule has 1 amide bonds. The van der Waals surface area contributed by atoms with Crippen molar-refractivity contribution in [2.45, 2.75) is 25.6 Å². The van der Waals surface area contributed by atoms with Gasteiger partial charge in [-0.05, 0) is 53.5 Å². The zero-order chi connectivity index (χ0) is 13.3. The first-order valence-corrected chi connectivity index (χ1v) is 7.70. The fraction of sp³-hybridized carbons (Fsp3) is 0.500. The summed E-state index contributed by atoms with van der Waals surface area (Å²) in [6.07, 6.45) is 0.988. The van der Waals surface area contributed by atoms with Crippen molar-refractivity contribution in [3.8, 4) is 0 Å². The van der Waals surface area contributed by atoms with Crippen LogP contribution >= 0.6 is 34.2 Å². The lowest BCUT2D eigenvalue weighted by Gasteiger charge is -2.34. The highest BCUT2D eigenvalue weighted by Crippen LogP contribution is 2.25. The lowest BCUT2D eigenvalue weighted by Crippen LogP contribution is -2.44. The highest BCUT2D eigenvalue weighted by Gasteiger charge is 2.28. The van der Waals surface area contributed by atoms with Crippen LogP contribution in [0.25, 0.3) is 0 Å². The van der Waals surface area contributed by atoms with Crippen molar-refractivity contribution in [2.24, 2.45) is 5.92 Å². The predicted octanol–water partition coefficient (Wildman–Crippen LogP) is 3.69. The van der Waals surface area contributed by atoms with E-state index in [-0.39, 0.29) is 11.3 Å². The van der Waals surface area contributed by atoms with E-state index in [2.05, 4.69) is 29.5 Å². The molecule has 0 aliphatic carbocycles. The first kappa shape index (κ1) is 14.1. The van der Waals surface area contributed by atoms with Crippen molar-refractivity contribution in [2.75, 3.05) is 13.1 Å². The van der Waals surface area contributed by atoms with Gasteiger partial charge in [0, 0.05) is 16.7 Å². The topological polar surface area (TPSA) is 20.3 Å². The van der Waals surface area contributed by atoms with Crippen molar-refractivity contribution in [1.29, 1.82) is 0 Å². The van der Waals surface area contributed by atoms with Gasteiger partial charge in [-0.2, -0.15) is 0 Å². The maximum atomic E-state index is 12.5. The molecule has 1 aliphatic heterocycles. The van der Waals surface area contributed by atoms with Gasteiger partial charge in [-0.1, -0.05) is 19.1 Å². The zero-order valence-corrected chi connectivity index (χ0v) is 13.5. The molecular formula is C14H17ClINO. The normalized spacial score (nSPS) is 24.1. The Bertz CT molecular complexity index is 463. The highest BCUT2D eigenvalue weighted by atomic mass is 127. The summed E-state index contributed by atoms with van der Waals surface area (Å²) in [5.41, 5.74) is 1.95. The molecule has 1 saturated heterocycles. The van der Waals surface area contributed by atoms with E-state index in [0.717, 1.165) is 27.7 Å². The average Bonchev–Trinajstić information content (AvgIpc) is 2.35. The Balaban J connectivity index is 2.19. The van der Waals surface area contributed by atoms with Crippen LogP contribution in [0.3, 0.4) is 0 Å². The number of hydrogen-bond acceptors (Lipinski definition) is 1. The Kier molecular flexibility index (Phi) is 4.54. The van der Waals surface area contributed by atoms with Crippen LogP contribution in [0.1, 0.15) is 29.3 Å².